The number of rotatable bonds is 9. The highest BCUT2D eigenvalue weighted by molar-refractivity contribution is 5.73. The van der Waals surface area contributed by atoms with Gasteiger partial charge in [-0.2, -0.15) is 0 Å². The average molecular weight is 228 g/mol. The Bertz CT molecular complexity index is 217. The van der Waals surface area contributed by atoms with Crippen LogP contribution in [-0.4, -0.2) is 47.7 Å². The molecule has 1 unspecified atom stereocenters. The van der Waals surface area contributed by atoms with Crippen LogP contribution in [0.2, 0.25) is 0 Å². The number of hydrogen-bond acceptors (Lipinski definition) is 3. The van der Waals surface area contributed by atoms with E-state index in [1.807, 2.05) is 6.92 Å². The van der Waals surface area contributed by atoms with Crippen molar-refractivity contribution >= 4 is 5.97 Å². The molecule has 4 heteroatoms. The summed E-state index contributed by atoms with van der Waals surface area (Å²) in [5, 5.41) is 12.1. The van der Waals surface area contributed by atoms with Crippen LogP contribution in [0.5, 0.6) is 0 Å². The van der Waals surface area contributed by atoms with E-state index in [9.17, 15) is 4.79 Å². The molecule has 1 fully saturated rings. The van der Waals surface area contributed by atoms with Crippen molar-refractivity contribution in [1.82, 2.24) is 10.2 Å². The highest BCUT2D eigenvalue weighted by Crippen LogP contribution is 2.25. The topological polar surface area (TPSA) is 52.6 Å². The molecular formula is C12H24N2O2. The molecule has 1 saturated carbocycles. The summed E-state index contributed by atoms with van der Waals surface area (Å²) >= 11 is 0. The van der Waals surface area contributed by atoms with Crippen LogP contribution in [-0.2, 0) is 4.79 Å². The summed E-state index contributed by atoms with van der Waals surface area (Å²) in [6.45, 7) is 6.99. The number of carboxylic acids is 1. The molecule has 0 aromatic heterocycles. The van der Waals surface area contributed by atoms with Gasteiger partial charge < -0.3 is 10.4 Å². The molecule has 0 spiro atoms. The molecule has 0 heterocycles. The first-order valence-electron chi connectivity index (χ1n) is 6.39. The Balaban J connectivity index is 2.18. The molecule has 2 N–H and O–H groups in total. The lowest BCUT2D eigenvalue weighted by molar-refractivity contribution is -0.139. The van der Waals surface area contributed by atoms with E-state index in [4.69, 9.17) is 5.11 Å². The summed E-state index contributed by atoms with van der Waals surface area (Å²) in [4.78, 5) is 13.3. The second kappa shape index (κ2) is 6.86. The number of nitrogens with one attached hydrogen (secondary N) is 1. The van der Waals surface area contributed by atoms with E-state index < -0.39 is 5.97 Å². The van der Waals surface area contributed by atoms with Gasteiger partial charge in [0.2, 0.25) is 0 Å². The maximum absolute atomic E-state index is 10.9. The van der Waals surface area contributed by atoms with Crippen molar-refractivity contribution in [2.45, 2.75) is 51.6 Å². The van der Waals surface area contributed by atoms with Crippen LogP contribution in [0.25, 0.3) is 0 Å². The molecular weight excluding hydrogens is 204 g/mol. The zero-order valence-corrected chi connectivity index (χ0v) is 10.4. The van der Waals surface area contributed by atoms with Gasteiger partial charge in [0.15, 0.2) is 0 Å². The van der Waals surface area contributed by atoms with Gasteiger partial charge >= 0.3 is 5.97 Å². The van der Waals surface area contributed by atoms with Gasteiger partial charge in [0, 0.05) is 19.1 Å². The molecule has 16 heavy (non-hydrogen) atoms. The summed E-state index contributed by atoms with van der Waals surface area (Å²) in [7, 11) is 0. The molecule has 4 nitrogen and oxygen atoms in total. The van der Waals surface area contributed by atoms with Gasteiger partial charge in [0.05, 0.1) is 0 Å². The first-order valence-corrected chi connectivity index (χ1v) is 6.39. The zero-order valence-electron chi connectivity index (χ0n) is 10.4. The van der Waals surface area contributed by atoms with Crippen molar-refractivity contribution in [3.8, 4) is 0 Å². The molecule has 94 valence electrons. The Morgan fingerprint density at radius 2 is 2.19 bits per heavy atom. The molecule has 0 aliphatic heterocycles. The van der Waals surface area contributed by atoms with Crippen molar-refractivity contribution in [1.29, 1.82) is 0 Å². The third kappa shape index (κ3) is 4.49. The van der Waals surface area contributed by atoms with Gasteiger partial charge in [0.25, 0.3) is 0 Å². The number of likely N-dealkylation sites (N-methyl/N-ethyl adjacent to an activating group) is 1. The number of hydrogen-bond donors (Lipinski definition) is 2. The molecule has 0 amide bonds. The second-order valence-electron chi connectivity index (χ2n) is 4.49. The first kappa shape index (κ1) is 13.5. The minimum absolute atomic E-state index is 0.372. The lowest BCUT2D eigenvalue weighted by Gasteiger charge is -2.21. The van der Waals surface area contributed by atoms with Crippen molar-refractivity contribution in [3.05, 3.63) is 0 Å². The molecule has 1 aliphatic carbocycles. The van der Waals surface area contributed by atoms with Crippen molar-refractivity contribution < 1.29 is 9.90 Å². The summed E-state index contributed by atoms with van der Waals surface area (Å²) in [6.07, 6.45) is 4.24. The molecule has 1 aliphatic rings. The SMILES string of the molecule is CCCC(NCCN(CC)C1CC1)C(=O)O. The summed E-state index contributed by atoms with van der Waals surface area (Å²) in [6, 6.07) is 0.393. The zero-order chi connectivity index (χ0) is 12.0. The second-order valence-corrected chi connectivity index (χ2v) is 4.49. The number of carboxylic acid groups (broad SMARTS) is 1. The van der Waals surface area contributed by atoms with Gasteiger partial charge in [-0.05, 0) is 25.8 Å². The van der Waals surface area contributed by atoms with E-state index in [1.54, 1.807) is 0 Å². The van der Waals surface area contributed by atoms with Crippen LogP contribution in [0.3, 0.4) is 0 Å². The largest absolute Gasteiger partial charge is 0.480 e. The highest BCUT2D eigenvalue weighted by Gasteiger charge is 2.27. The maximum atomic E-state index is 10.9. The first-order chi connectivity index (χ1) is 7.69. The van der Waals surface area contributed by atoms with Crippen LogP contribution < -0.4 is 5.32 Å². The fourth-order valence-corrected chi connectivity index (χ4v) is 2.02. The Morgan fingerprint density at radius 1 is 1.50 bits per heavy atom. The van der Waals surface area contributed by atoms with E-state index in [0.717, 1.165) is 32.1 Å². The standard InChI is InChI=1S/C12H24N2O2/c1-3-5-11(12(15)16)13-8-9-14(4-2)10-6-7-10/h10-11,13H,3-9H2,1-2H3,(H,15,16). The number of aliphatic carboxylic acids is 1. The third-order valence-electron chi connectivity index (χ3n) is 3.13. The fourth-order valence-electron chi connectivity index (χ4n) is 2.02. The quantitative estimate of drug-likeness (QED) is 0.625. The van der Waals surface area contributed by atoms with Crippen LogP contribution in [0.4, 0.5) is 0 Å². The van der Waals surface area contributed by atoms with Gasteiger partial charge in [-0.1, -0.05) is 20.3 Å². The Morgan fingerprint density at radius 3 is 2.62 bits per heavy atom. The lowest BCUT2D eigenvalue weighted by atomic mass is 10.2. The fraction of sp³-hybridized carbons (Fsp3) is 0.917. The summed E-state index contributed by atoms with van der Waals surface area (Å²) in [5.41, 5.74) is 0. The molecule has 1 rings (SSSR count). The maximum Gasteiger partial charge on any atom is 0.320 e. The van der Waals surface area contributed by atoms with E-state index in [1.165, 1.54) is 12.8 Å². The van der Waals surface area contributed by atoms with Crippen LogP contribution in [0, 0.1) is 0 Å². The van der Waals surface area contributed by atoms with Gasteiger partial charge in [-0.25, -0.2) is 0 Å². The van der Waals surface area contributed by atoms with Crippen LogP contribution >= 0.6 is 0 Å². The van der Waals surface area contributed by atoms with Crippen molar-refractivity contribution in [3.63, 3.8) is 0 Å². The molecule has 0 aromatic carbocycles. The smallest absolute Gasteiger partial charge is 0.320 e. The summed E-state index contributed by atoms with van der Waals surface area (Å²) in [5.74, 6) is -0.726. The Kier molecular flexibility index (Phi) is 5.77. The van der Waals surface area contributed by atoms with Crippen molar-refractivity contribution in [2.75, 3.05) is 19.6 Å². The van der Waals surface area contributed by atoms with Gasteiger partial charge in [0.1, 0.15) is 6.04 Å². The minimum Gasteiger partial charge on any atom is -0.480 e. The predicted molar refractivity (Wildman–Crippen MR) is 64.6 cm³/mol. The van der Waals surface area contributed by atoms with Gasteiger partial charge in [-0.15, -0.1) is 0 Å². The van der Waals surface area contributed by atoms with E-state index in [-0.39, 0.29) is 6.04 Å². The summed E-state index contributed by atoms with van der Waals surface area (Å²) < 4.78 is 0. The van der Waals surface area contributed by atoms with Crippen LogP contribution in [0.15, 0.2) is 0 Å². The lowest BCUT2D eigenvalue weighted by Crippen LogP contribution is -2.41. The van der Waals surface area contributed by atoms with E-state index in [2.05, 4.69) is 17.1 Å². The Labute approximate surface area is 98.0 Å². The van der Waals surface area contributed by atoms with E-state index >= 15 is 0 Å². The molecule has 0 radical (unpaired) electrons. The number of carbonyl (C=O) groups is 1. The minimum atomic E-state index is -0.726. The molecule has 1 atom stereocenters. The van der Waals surface area contributed by atoms with Crippen LogP contribution in [0.1, 0.15) is 39.5 Å². The third-order valence-corrected chi connectivity index (χ3v) is 3.13. The number of nitrogens with zero attached hydrogens (tertiary/aromatic N) is 1. The predicted octanol–water partition coefficient (Wildman–Crippen LogP) is 1.31. The van der Waals surface area contributed by atoms with Crippen molar-refractivity contribution in [2.24, 2.45) is 0 Å². The Hall–Kier alpha value is -0.610. The van der Waals surface area contributed by atoms with E-state index in [0.29, 0.717) is 6.42 Å². The molecule has 0 saturated heterocycles. The normalized spacial score (nSPS) is 17.7. The molecule has 0 aromatic rings. The molecule has 0 bridgehead atoms. The van der Waals surface area contributed by atoms with Gasteiger partial charge in [-0.3, -0.25) is 9.69 Å². The monoisotopic (exact) mass is 228 g/mol. The average Bonchev–Trinajstić information content (AvgIpc) is 3.06. The highest BCUT2D eigenvalue weighted by atomic mass is 16.4.